The third-order valence-electron chi connectivity index (χ3n) is 4.85. The minimum atomic E-state index is -0.264. The summed E-state index contributed by atoms with van der Waals surface area (Å²) in [5, 5.41) is 9.52. The van der Waals surface area contributed by atoms with Gasteiger partial charge in [0.25, 0.3) is 0 Å². The molecule has 1 aliphatic rings. The molecule has 3 heterocycles. The molecule has 0 atom stereocenters. The first-order chi connectivity index (χ1) is 13.7. The lowest BCUT2D eigenvalue weighted by Gasteiger charge is -2.20. The summed E-state index contributed by atoms with van der Waals surface area (Å²) < 4.78 is 13.3. The van der Waals surface area contributed by atoms with Gasteiger partial charge in [0.2, 0.25) is 5.91 Å². The first kappa shape index (κ1) is 18.8. The Labute approximate surface area is 166 Å². The van der Waals surface area contributed by atoms with Crippen LogP contribution < -0.4 is 10.6 Å². The molecule has 0 spiro atoms. The van der Waals surface area contributed by atoms with E-state index in [2.05, 4.69) is 20.6 Å². The van der Waals surface area contributed by atoms with Gasteiger partial charge in [-0.15, -0.1) is 11.3 Å². The number of rotatable bonds is 5. The maximum Gasteiger partial charge on any atom is 0.224 e. The van der Waals surface area contributed by atoms with Gasteiger partial charge in [-0.25, -0.2) is 14.4 Å². The Balaban J connectivity index is 1.48. The SMILES string of the molecule is O=C(CCNc1ncnc2scc(-c3ccc(F)cc3)c12)N1CCCNCC1. The zero-order chi connectivity index (χ0) is 19.3. The summed E-state index contributed by atoms with van der Waals surface area (Å²) in [5.41, 5.74) is 1.88. The van der Waals surface area contributed by atoms with Crippen molar-refractivity contribution in [3.63, 3.8) is 0 Å². The monoisotopic (exact) mass is 399 g/mol. The lowest BCUT2D eigenvalue weighted by molar-refractivity contribution is -0.130. The molecule has 0 saturated carbocycles. The molecule has 1 amide bonds. The largest absolute Gasteiger partial charge is 0.369 e. The topological polar surface area (TPSA) is 70.2 Å². The van der Waals surface area contributed by atoms with Crippen molar-refractivity contribution < 1.29 is 9.18 Å². The highest BCUT2D eigenvalue weighted by molar-refractivity contribution is 7.17. The Hall–Kier alpha value is -2.58. The van der Waals surface area contributed by atoms with E-state index in [0.29, 0.717) is 18.8 Å². The Morgan fingerprint density at radius 2 is 2.07 bits per heavy atom. The minimum Gasteiger partial charge on any atom is -0.369 e. The highest BCUT2D eigenvalue weighted by Gasteiger charge is 2.16. The van der Waals surface area contributed by atoms with E-state index in [1.807, 2.05) is 10.3 Å². The molecule has 8 heteroatoms. The maximum absolute atomic E-state index is 13.3. The van der Waals surface area contributed by atoms with Gasteiger partial charge in [0.05, 0.1) is 5.39 Å². The second kappa shape index (κ2) is 8.62. The van der Waals surface area contributed by atoms with Crippen LogP contribution >= 0.6 is 11.3 Å². The summed E-state index contributed by atoms with van der Waals surface area (Å²) >= 11 is 1.52. The summed E-state index contributed by atoms with van der Waals surface area (Å²) in [6.45, 7) is 3.89. The van der Waals surface area contributed by atoms with Gasteiger partial charge < -0.3 is 15.5 Å². The third kappa shape index (κ3) is 4.13. The van der Waals surface area contributed by atoms with Crippen LogP contribution in [0.2, 0.25) is 0 Å². The average molecular weight is 399 g/mol. The van der Waals surface area contributed by atoms with Crippen LogP contribution in [0.3, 0.4) is 0 Å². The number of hydrogen-bond donors (Lipinski definition) is 2. The molecule has 0 unspecified atom stereocenters. The smallest absolute Gasteiger partial charge is 0.224 e. The molecule has 0 radical (unpaired) electrons. The molecule has 1 aliphatic heterocycles. The minimum absolute atomic E-state index is 0.158. The van der Waals surface area contributed by atoms with E-state index in [-0.39, 0.29) is 11.7 Å². The number of aromatic nitrogens is 2. The lowest BCUT2D eigenvalue weighted by Crippen LogP contribution is -2.35. The molecule has 0 aliphatic carbocycles. The van der Waals surface area contributed by atoms with Crippen LogP contribution in [0.5, 0.6) is 0 Å². The number of carbonyl (C=O) groups excluding carboxylic acids is 1. The predicted octanol–water partition coefficient (Wildman–Crippen LogP) is 3.12. The molecule has 4 rings (SSSR count). The second-order valence-corrected chi connectivity index (χ2v) is 7.58. The van der Waals surface area contributed by atoms with Crippen LogP contribution in [0, 0.1) is 5.82 Å². The fourth-order valence-corrected chi connectivity index (χ4v) is 4.31. The van der Waals surface area contributed by atoms with Gasteiger partial charge in [-0.1, -0.05) is 12.1 Å². The molecule has 1 saturated heterocycles. The first-order valence-corrected chi connectivity index (χ1v) is 10.3. The highest BCUT2D eigenvalue weighted by atomic mass is 32.1. The summed E-state index contributed by atoms with van der Waals surface area (Å²) in [6.07, 6.45) is 2.93. The van der Waals surface area contributed by atoms with E-state index < -0.39 is 0 Å². The summed E-state index contributed by atoms with van der Waals surface area (Å²) in [6, 6.07) is 6.41. The molecular weight excluding hydrogens is 377 g/mol. The maximum atomic E-state index is 13.3. The number of anilines is 1. The molecule has 6 nitrogen and oxygen atoms in total. The molecule has 2 N–H and O–H groups in total. The number of nitrogens with zero attached hydrogens (tertiary/aromatic N) is 3. The average Bonchev–Trinajstić information content (AvgIpc) is 2.95. The van der Waals surface area contributed by atoms with E-state index in [9.17, 15) is 9.18 Å². The van der Waals surface area contributed by atoms with Gasteiger partial charge in [0, 0.05) is 43.5 Å². The number of halogens is 1. The number of nitrogens with one attached hydrogen (secondary N) is 2. The lowest BCUT2D eigenvalue weighted by atomic mass is 10.1. The highest BCUT2D eigenvalue weighted by Crippen LogP contribution is 2.36. The van der Waals surface area contributed by atoms with Gasteiger partial charge in [-0.3, -0.25) is 4.79 Å². The van der Waals surface area contributed by atoms with Crippen LogP contribution in [-0.2, 0) is 4.79 Å². The molecule has 1 fully saturated rings. The van der Waals surface area contributed by atoms with Crippen LogP contribution in [0.4, 0.5) is 10.2 Å². The number of fused-ring (bicyclic) bond motifs is 1. The van der Waals surface area contributed by atoms with Crippen LogP contribution in [0.15, 0.2) is 36.0 Å². The van der Waals surface area contributed by atoms with Gasteiger partial charge in [0.15, 0.2) is 0 Å². The van der Waals surface area contributed by atoms with Crippen molar-refractivity contribution in [1.82, 2.24) is 20.2 Å². The number of thiophene rings is 1. The van der Waals surface area contributed by atoms with Crippen LogP contribution in [0.25, 0.3) is 21.3 Å². The standard InChI is InChI=1S/C20H22FN5OS/c21-15-4-2-14(3-5-15)16-12-28-20-18(16)19(24-13-25-20)23-8-6-17(27)26-10-1-7-22-9-11-26/h2-5,12-13,22H,1,6-11H2,(H,23,24,25). The quantitative estimate of drug-likeness (QED) is 0.690. The van der Waals surface area contributed by atoms with Crippen LogP contribution in [0.1, 0.15) is 12.8 Å². The van der Waals surface area contributed by atoms with E-state index in [1.54, 1.807) is 12.1 Å². The number of amides is 1. The van der Waals surface area contributed by atoms with Gasteiger partial charge in [-0.2, -0.15) is 0 Å². The molecular formula is C20H22FN5OS. The Kier molecular flexibility index (Phi) is 5.78. The normalized spacial score (nSPS) is 14.8. The van der Waals surface area contributed by atoms with Gasteiger partial charge in [-0.05, 0) is 30.7 Å². The number of hydrogen-bond acceptors (Lipinski definition) is 6. The summed E-state index contributed by atoms with van der Waals surface area (Å²) in [4.78, 5) is 24.0. The van der Waals surface area contributed by atoms with Crippen molar-refractivity contribution in [1.29, 1.82) is 0 Å². The zero-order valence-corrected chi connectivity index (χ0v) is 16.3. The Bertz CT molecular complexity index is 951. The van der Waals surface area contributed by atoms with E-state index in [4.69, 9.17) is 0 Å². The van der Waals surface area contributed by atoms with E-state index >= 15 is 0 Å². The fourth-order valence-electron chi connectivity index (χ4n) is 3.39. The van der Waals surface area contributed by atoms with Crippen molar-refractivity contribution in [2.24, 2.45) is 0 Å². The first-order valence-electron chi connectivity index (χ1n) is 9.43. The summed E-state index contributed by atoms with van der Waals surface area (Å²) in [7, 11) is 0. The molecule has 1 aromatic carbocycles. The summed E-state index contributed by atoms with van der Waals surface area (Å²) in [5.74, 6) is 0.599. The fraction of sp³-hybridized carbons (Fsp3) is 0.350. The molecule has 2 aromatic heterocycles. The Morgan fingerprint density at radius 1 is 1.21 bits per heavy atom. The van der Waals surface area contributed by atoms with E-state index in [0.717, 1.165) is 53.9 Å². The van der Waals surface area contributed by atoms with E-state index in [1.165, 1.54) is 29.8 Å². The molecule has 146 valence electrons. The molecule has 0 bridgehead atoms. The van der Waals surface area contributed by atoms with Crippen molar-refractivity contribution in [2.75, 3.05) is 38.0 Å². The zero-order valence-electron chi connectivity index (χ0n) is 15.4. The molecule has 3 aromatic rings. The Morgan fingerprint density at radius 3 is 2.93 bits per heavy atom. The van der Waals surface area contributed by atoms with Crippen molar-refractivity contribution in [3.8, 4) is 11.1 Å². The number of benzene rings is 1. The number of carbonyl (C=O) groups is 1. The van der Waals surface area contributed by atoms with Crippen molar-refractivity contribution >= 4 is 33.3 Å². The van der Waals surface area contributed by atoms with Crippen molar-refractivity contribution in [2.45, 2.75) is 12.8 Å². The third-order valence-corrected chi connectivity index (χ3v) is 5.74. The predicted molar refractivity (Wildman–Crippen MR) is 110 cm³/mol. The second-order valence-electron chi connectivity index (χ2n) is 6.72. The van der Waals surface area contributed by atoms with Gasteiger partial charge in [0.1, 0.15) is 22.8 Å². The van der Waals surface area contributed by atoms with Crippen molar-refractivity contribution in [3.05, 3.63) is 41.8 Å². The van der Waals surface area contributed by atoms with Gasteiger partial charge >= 0.3 is 0 Å². The molecule has 28 heavy (non-hydrogen) atoms. The van der Waals surface area contributed by atoms with Crippen LogP contribution in [-0.4, -0.2) is 53.5 Å².